The van der Waals surface area contributed by atoms with Crippen molar-refractivity contribution < 1.29 is 14.3 Å². The van der Waals surface area contributed by atoms with Crippen LogP contribution in [0.15, 0.2) is 42.5 Å². The summed E-state index contributed by atoms with van der Waals surface area (Å²) in [5.41, 5.74) is 0. The maximum absolute atomic E-state index is 12.3. The summed E-state index contributed by atoms with van der Waals surface area (Å²) in [6.45, 7) is 5.29. The van der Waals surface area contributed by atoms with Crippen LogP contribution in [0.2, 0.25) is 0 Å². The fourth-order valence-corrected chi connectivity index (χ4v) is 2.93. The van der Waals surface area contributed by atoms with E-state index in [-0.39, 0.29) is 24.7 Å². The molecule has 0 aliphatic carbocycles. The third-order valence-corrected chi connectivity index (χ3v) is 3.87. The predicted octanol–water partition coefficient (Wildman–Crippen LogP) is 2.85. The van der Waals surface area contributed by atoms with Crippen molar-refractivity contribution in [2.24, 2.45) is 0 Å². The van der Waals surface area contributed by atoms with Gasteiger partial charge in [0.05, 0.1) is 12.2 Å². The molecule has 0 saturated carbocycles. The SMILES string of the molecule is C[C@H]1CN(C(=O)COc2cccc3ccccc23)C[C@H](C)O1. The van der Waals surface area contributed by atoms with Gasteiger partial charge in [0.15, 0.2) is 6.61 Å². The second kappa shape index (κ2) is 6.36. The molecule has 2 aromatic rings. The van der Waals surface area contributed by atoms with Gasteiger partial charge in [-0.25, -0.2) is 0 Å². The normalized spacial score (nSPS) is 21.8. The van der Waals surface area contributed by atoms with Crippen molar-refractivity contribution in [3.8, 4) is 5.75 Å². The Hall–Kier alpha value is -2.07. The molecule has 0 bridgehead atoms. The molecule has 1 fully saturated rings. The Balaban J connectivity index is 1.67. The minimum atomic E-state index is 0.00920. The molecule has 0 radical (unpaired) electrons. The Bertz CT molecular complexity index is 655. The van der Waals surface area contributed by atoms with E-state index in [0.29, 0.717) is 13.1 Å². The van der Waals surface area contributed by atoms with Gasteiger partial charge in [-0.1, -0.05) is 36.4 Å². The van der Waals surface area contributed by atoms with Crippen LogP contribution >= 0.6 is 0 Å². The maximum atomic E-state index is 12.3. The van der Waals surface area contributed by atoms with Gasteiger partial charge in [0.25, 0.3) is 5.91 Å². The average molecular weight is 299 g/mol. The Kier molecular flexibility index (Phi) is 4.29. The van der Waals surface area contributed by atoms with E-state index in [9.17, 15) is 4.79 Å². The van der Waals surface area contributed by atoms with Gasteiger partial charge >= 0.3 is 0 Å². The van der Waals surface area contributed by atoms with Crippen molar-refractivity contribution in [1.82, 2.24) is 4.90 Å². The predicted molar refractivity (Wildman–Crippen MR) is 86.0 cm³/mol. The highest BCUT2D eigenvalue weighted by Crippen LogP contribution is 2.25. The number of nitrogens with zero attached hydrogens (tertiary/aromatic N) is 1. The van der Waals surface area contributed by atoms with Gasteiger partial charge in [-0.3, -0.25) is 4.79 Å². The molecule has 1 heterocycles. The standard InChI is InChI=1S/C18H21NO3/c1-13-10-19(11-14(2)22-13)18(20)12-21-17-9-5-7-15-6-3-4-8-16(15)17/h3-9,13-14H,10-12H2,1-2H3/t13-,14-/m0/s1. The van der Waals surface area contributed by atoms with Gasteiger partial charge in [0.1, 0.15) is 5.75 Å². The quantitative estimate of drug-likeness (QED) is 0.875. The lowest BCUT2D eigenvalue weighted by molar-refractivity contribution is -0.145. The molecule has 1 saturated heterocycles. The fourth-order valence-electron chi connectivity index (χ4n) is 2.93. The molecule has 4 nitrogen and oxygen atoms in total. The van der Waals surface area contributed by atoms with E-state index < -0.39 is 0 Å². The summed E-state index contributed by atoms with van der Waals surface area (Å²) in [7, 11) is 0. The molecule has 4 heteroatoms. The van der Waals surface area contributed by atoms with Crippen LogP contribution in [0.5, 0.6) is 5.75 Å². The summed E-state index contributed by atoms with van der Waals surface area (Å²) in [6.07, 6.45) is 0.149. The number of fused-ring (bicyclic) bond motifs is 1. The molecule has 3 rings (SSSR count). The summed E-state index contributed by atoms with van der Waals surface area (Å²) in [5.74, 6) is 0.760. The molecule has 2 aromatic carbocycles. The second-order valence-electron chi connectivity index (χ2n) is 5.82. The summed E-state index contributed by atoms with van der Waals surface area (Å²) in [6, 6.07) is 13.9. The van der Waals surface area contributed by atoms with E-state index in [1.54, 1.807) is 0 Å². The van der Waals surface area contributed by atoms with Crippen LogP contribution in [0, 0.1) is 0 Å². The zero-order chi connectivity index (χ0) is 15.5. The number of morpholine rings is 1. The van der Waals surface area contributed by atoms with Gasteiger partial charge < -0.3 is 14.4 Å². The first-order chi connectivity index (χ1) is 10.6. The zero-order valence-electron chi connectivity index (χ0n) is 13.0. The number of ether oxygens (including phenoxy) is 2. The molecular formula is C18H21NO3. The molecule has 1 aliphatic heterocycles. The Labute approximate surface area is 130 Å². The summed E-state index contributed by atoms with van der Waals surface area (Å²) in [4.78, 5) is 14.2. The lowest BCUT2D eigenvalue weighted by Crippen LogP contribution is -2.49. The van der Waals surface area contributed by atoms with Crippen LogP contribution < -0.4 is 4.74 Å². The van der Waals surface area contributed by atoms with Crippen LogP contribution in [-0.2, 0) is 9.53 Å². The van der Waals surface area contributed by atoms with E-state index in [1.807, 2.05) is 61.2 Å². The second-order valence-corrected chi connectivity index (χ2v) is 5.82. The average Bonchev–Trinajstić information content (AvgIpc) is 2.51. The number of carbonyl (C=O) groups is 1. The van der Waals surface area contributed by atoms with Crippen LogP contribution in [0.1, 0.15) is 13.8 Å². The number of hydrogen-bond acceptors (Lipinski definition) is 3. The number of carbonyl (C=O) groups excluding carboxylic acids is 1. The Morgan fingerprint density at radius 1 is 1.14 bits per heavy atom. The topological polar surface area (TPSA) is 38.8 Å². The molecule has 0 N–H and O–H groups in total. The molecule has 0 aromatic heterocycles. The molecule has 22 heavy (non-hydrogen) atoms. The van der Waals surface area contributed by atoms with E-state index >= 15 is 0 Å². The number of hydrogen-bond donors (Lipinski definition) is 0. The van der Waals surface area contributed by atoms with Gasteiger partial charge in [-0.2, -0.15) is 0 Å². The van der Waals surface area contributed by atoms with Gasteiger partial charge in [0.2, 0.25) is 0 Å². The van der Waals surface area contributed by atoms with E-state index in [2.05, 4.69) is 0 Å². The molecule has 0 unspecified atom stereocenters. The molecule has 1 aliphatic rings. The van der Waals surface area contributed by atoms with Crippen molar-refractivity contribution in [3.63, 3.8) is 0 Å². The van der Waals surface area contributed by atoms with Crippen LogP contribution in [0.3, 0.4) is 0 Å². The van der Waals surface area contributed by atoms with Crippen molar-refractivity contribution >= 4 is 16.7 Å². The van der Waals surface area contributed by atoms with Crippen LogP contribution in [0.25, 0.3) is 10.8 Å². The van der Waals surface area contributed by atoms with Crippen LogP contribution in [0.4, 0.5) is 0 Å². The highest BCUT2D eigenvalue weighted by Gasteiger charge is 2.26. The highest BCUT2D eigenvalue weighted by molar-refractivity contribution is 5.88. The molecule has 2 atom stereocenters. The minimum Gasteiger partial charge on any atom is -0.483 e. The van der Waals surface area contributed by atoms with E-state index in [4.69, 9.17) is 9.47 Å². The molecule has 116 valence electrons. The Morgan fingerprint density at radius 3 is 2.59 bits per heavy atom. The van der Waals surface area contributed by atoms with E-state index in [1.165, 1.54) is 0 Å². The number of rotatable bonds is 3. The van der Waals surface area contributed by atoms with Gasteiger partial charge in [0, 0.05) is 18.5 Å². The number of amides is 1. The highest BCUT2D eigenvalue weighted by atomic mass is 16.5. The van der Waals surface area contributed by atoms with Crippen molar-refractivity contribution in [3.05, 3.63) is 42.5 Å². The lowest BCUT2D eigenvalue weighted by atomic mass is 10.1. The molecular weight excluding hydrogens is 278 g/mol. The first-order valence-electron chi connectivity index (χ1n) is 7.67. The Morgan fingerprint density at radius 2 is 1.82 bits per heavy atom. The van der Waals surface area contributed by atoms with Gasteiger partial charge in [-0.15, -0.1) is 0 Å². The monoisotopic (exact) mass is 299 g/mol. The first kappa shape index (κ1) is 14.9. The van der Waals surface area contributed by atoms with Crippen molar-refractivity contribution in [2.75, 3.05) is 19.7 Å². The van der Waals surface area contributed by atoms with Crippen molar-refractivity contribution in [2.45, 2.75) is 26.1 Å². The lowest BCUT2D eigenvalue weighted by Gasteiger charge is -2.35. The molecule has 0 spiro atoms. The van der Waals surface area contributed by atoms with E-state index in [0.717, 1.165) is 16.5 Å². The fraction of sp³-hybridized carbons (Fsp3) is 0.389. The summed E-state index contributed by atoms with van der Waals surface area (Å²) >= 11 is 0. The molecule has 1 amide bonds. The summed E-state index contributed by atoms with van der Waals surface area (Å²) in [5, 5.41) is 2.14. The van der Waals surface area contributed by atoms with Crippen LogP contribution in [-0.4, -0.2) is 42.7 Å². The summed E-state index contributed by atoms with van der Waals surface area (Å²) < 4.78 is 11.4. The van der Waals surface area contributed by atoms with Crippen molar-refractivity contribution in [1.29, 1.82) is 0 Å². The third-order valence-electron chi connectivity index (χ3n) is 3.87. The smallest absolute Gasteiger partial charge is 0.260 e. The number of benzene rings is 2. The maximum Gasteiger partial charge on any atom is 0.260 e. The largest absolute Gasteiger partial charge is 0.483 e. The first-order valence-corrected chi connectivity index (χ1v) is 7.67. The van der Waals surface area contributed by atoms with Gasteiger partial charge in [-0.05, 0) is 25.3 Å². The third kappa shape index (κ3) is 3.22. The zero-order valence-corrected chi connectivity index (χ0v) is 13.0. The minimum absolute atomic E-state index is 0.00920.